The van der Waals surface area contributed by atoms with Crippen molar-refractivity contribution in [3.63, 3.8) is 0 Å². The van der Waals surface area contributed by atoms with Gasteiger partial charge in [0.2, 0.25) is 12.0 Å². The van der Waals surface area contributed by atoms with Crippen molar-refractivity contribution in [1.82, 2.24) is 4.90 Å². The van der Waals surface area contributed by atoms with Gasteiger partial charge in [0.15, 0.2) is 0 Å². The van der Waals surface area contributed by atoms with Gasteiger partial charge in [0.05, 0.1) is 28.2 Å². The Hall–Kier alpha value is -1.64. The zero-order valence-electron chi connectivity index (χ0n) is 13.6. The molecule has 0 aliphatic rings. The Morgan fingerprint density at radius 3 is 1.92 bits per heavy atom. The number of aliphatic hydroxyl groups excluding tert-OH is 1. The Balaban J connectivity index is 0. The number of ether oxygens (including phenoxy) is 1. The third-order valence-corrected chi connectivity index (χ3v) is 1.66. The minimum atomic E-state index is -10.7. The van der Waals surface area contributed by atoms with Gasteiger partial charge < -0.3 is 9.84 Å². The van der Waals surface area contributed by atoms with Crippen LogP contribution in [0.3, 0.4) is 0 Å². The van der Waals surface area contributed by atoms with Gasteiger partial charge in [-0.25, -0.2) is 9.48 Å². The number of halogens is 6. The summed E-state index contributed by atoms with van der Waals surface area (Å²) in [6, 6.07) is 2.15. The maximum atomic E-state index is 9.87. The first kappa shape index (κ1) is 24.6. The van der Waals surface area contributed by atoms with Gasteiger partial charge >= 0.3 is 39.0 Å². The minimum absolute atomic E-state index is 0.229. The van der Waals surface area contributed by atoms with Crippen LogP contribution in [0.25, 0.3) is 0 Å². The first-order chi connectivity index (χ1) is 10.4. The van der Waals surface area contributed by atoms with Gasteiger partial charge in [-0.2, -0.15) is 5.26 Å². The summed E-state index contributed by atoms with van der Waals surface area (Å²) in [5, 5.41) is 21.7. The molecule has 144 valence electrons. The van der Waals surface area contributed by atoms with Crippen LogP contribution in [0.4, 0.5) is 25.2 Å². The van der Waals surface area contributed by atoms with Crippen LogP contribution in [0.2, 0.25) is 0 Å². The molecular formula is C10H19F6N4O3P. The van der Waals surface area contributed by atoms with Crippen LogP contribution < -0.4 is 0 Å². The van der Waals surface area contributed by atoms with Gasteiger partial charge in [-0.15, -0.1) is 0 Å². The average Bonchev–Trinajstić information content (AvgIpc) is 2.29. The third-order valence-electron chi connectivity index (χ3n) is 1.66. The SMILES string of the molecule is CCOC(O)/C(C#N)=N/OC(N(C)C)=[N+](C)C.F[P-](F)(F)(F)(F)F. The van der Waals surface area contributed by atoms with Crippen LogP contribution in [0.15, 0.2) is 5.16 Å². The van der Waals surface area contributed by atoms with Crippen LogP contribution in [0.5, 0.6) is 0 Å². The molecule has 0 heterocycles. The number of hydrogen-bond acceptors (Lipinski definition) is 5. The van der Waals surface area contributed by atoms with E-state index in [2.05, 4.69) is 5.16 Å². The first-order valence-electron chi connectivity index (χ1n) is 6.11. The second-order valence-corrected chi connectivity index (χ2v) is 6.43. The summed E-state index contributed by atoms with van der Waals surface area (Å²) in [5.74, 6) is 0. The molecule has 24 heavy (non-hydrogen) atoms. The van der Waals surface area contributed by atoms with E-state index < -0.39 is 14.1 Å². The number of oxime groups is 1. The Kier molecular flexibility index (Phi) is 8.16. The zero-order valence-corrected chi connectivity index (χ0v) is 14.4. The standard InChI is InChI=1S/C10H19N4O3.F6P/c1-6-16-9(15)8(7-11)12-17-10(13(2)3)14(4)5;1-7(2,3,4,5)6/h9,15H,6H2,1-5H3;/q+1;-1/b12-8+;. The van der Waals surface area contributed by atoms with Gasteiger partial charge in [-0.05, 0) is 6.92 Å². The van der Waals surface area contributed by atoms with E-state index in [1.165, 1.54) is 0 Å². The van der Waals surface area contributed by atoms with E-state index >= 15 is 0 Å². The molecule has 0 amide bonds. The molecule has 1 unspecified atom stereocenters. The van der Waals surface area contributed by atoms with Gasteiger partial charge in [0.1, 0.15) is 6.07 Å². The fraction of sp³-hybridized carbons (Fsp3) is 0.700. The number of nitriles is 1. The molecule has 0 aliphatic heterocycles. The molecule has 7 nitrogen and oxygen atoms in total. The third kappa shape index (κ3) is 18.4. The van der Waals surface area contributed by atoms with Crippen LogP contribution in [0, 0.1) is 11.3 Å². The van der Waals surface area contributed by atoms with Gasteiger partial charge in [-0.1, -0.05) is 5.16 Å². The van der Waals surface area contributed by atoms with Crippen molar-refractivity contribution in [3.05, 3.63) is 0 Å². The molecule has 0 fully saturated rings. The summed E-state index contributed by atoms with van der Waals surface area (Å²) in [7, 11) is -3.56. The zero-order chi connectivity index (χ0) is 19.8. The van der Waals surface area contributed by atoms with Crippen LogP contribution in [-0.2, 0) is 9.57 Å². The molecule has 0 spiro atoms. The summed E-state index contributed by atoms with van der Waals surface area (Å²) >= 11 is 0. The molecule has 0 radical (unpaired) electrons. The molecule has 14 heteroatoms. The molecule has 0 saturated heterocycles. The Morgan fingerprint density at radius 1 is 1.25 bits per heavy atom. The molecular weight excluding hydrogens is 369 g/mol. The monoisotopic (exact) mass is 388 g/mol. The number of nitrogens with zero attached hydrogens (tertiary/aromatic N) is 4. The average molecular weight is 388 g/mol. The summed E-state index contributed by atoms with van der Waals surface area (Å²) in [6.07, 6.45) is -1.37. The predicted octanol–water partition coefficient (Wildman–Crippen LogP) is 2.81. The van der Waals surface area contributed by atoms with E-state index in [0.29, 0.717) is 6.02 Å². The van der Waals surface area contributed by atoms with Crippen molar-refractivity contribution in [2.75, 3.05) is 34.8 Å². The van der Waals surface area contributed by atoms with Crippen LogP contribution in [0.1, 0.15) is 6.92 Å². The molecule has 0 aromatic heterocycles. The second-order valence-electron chi connectivity index (χ2n) is 4.52. The van der Waals surface area contributed by atoms with Crippen LogP contribution in [-0.4, -0.2) is 67.4 Å². The molecule has 1 N–H and O–H groups in total. The normalized spacial score (nSPS) is 15.7. The van der Waals surface area contributed by atoms with E-state index in [0.717, 1.165) is 0 Å². The molecule has 1 atom stereocenters. The summed E-state index contributed by atoms with van der Waals surface area (Å²) in [4.78, 5) is 6.77. The number of hydrogen-bond donors (Lipinski definition) is 1. The van der Waals surface area contributed by atoms with E-state index in [-0.39, 0.29) is 12.3 Å². The molecule has 0 aromatic carbocycles. The van der Waals surface area contributed by atoms with Crippen LogP contribution >= 0.6 is 7.81 Å². The summed E-state index contributed by atoms with van der Waals surface area (Å²) in [6.45, 7) is 1.98. The maximum absolute atomic E-state index is 10.7. The van der Waals surface area contributed by atoms with Gasteiger partial charge in [0.25, 0.3) is 0 Å². The number of rotatable bonds is 4. The molecule has 0 aliphatic carbocycles. The van der Waals surface area contributed by atoms with Crippen molar-refractivity contribution in [2.45, 2.75) is 13.2 Å². The quantitative estimate of drug-likeness (QED) is 0.152. The van der Waals surface area contributed by atoms with E-state index in [1.54, 1.807) is 50.7 Å². The summed E-state index contributed by atoms with van der Waals surface area (Å²) in [5.41, 5.74) is -0.229. The van der Waals surface area contributed by atoms with Crippen molar-refractivity contribution in [2.24, 2.45) is 5.16 Å². The Labute approximate surface area is 134 Å². The fourth-order valence-electron chi connectivity index (χ4n) is 1.01. The molecule has 0 saturated carbocycles. The Morgan fingerprint density at radius 2 is 1.67 bits per heavy atom. The molecule has 0 rings (SSSR count). The van der Waals surface area contributed by atoms with Crippen molar-refractivity contribution in [1.29, 1.82) is 5.26 Å². The Bertz CT molecular complexity index is 511. The number of aliphatic hydroxyl groups is 1. The van der Waals surface area contributed by atoms with Crippen molar-refractivity contribution < 1.29 is 44.4 Å². The fourth-order valence-corrected chi connectivity index (χ4v) is 1.01. The topological polar surface area (TPSA) is 81.1 Å². The second kappa shape index (κ2) is 7.96. The predicted molar refractivity (Wildman–Crippen MR) is 76.1 cm³/mol. The summed E-state index contributed by atoms with van der Waals surface area (Å²) < 4.78 is 65.7. The van der Waals surface area contributed by atoms with Crippen molar-refractivity contribution in [3.8, 4) is 6.07 Å². The van der Waals surface area contributed by atoms with Gasteiger partial charge in [0, 0.05) is 6.61 Å². The number of amidine groups is 1. The van der Waals surface area contributed by atoms with E-state index in [4.69, 9.17) is 14.8 Å². The first-order valence-corrected chi connectivity index (χ1v) is 8.14. The van der Waals surface area contributed by atoms with E-state index in [1.807, 2.05) is 0 Å². The van der Waals surface area contributed by atoms with E-state index in [9.17, 15) is 30.3 Å². The van der Waals surface area contributed by atoms with Crippen molar-refractivity contribution >= 4 is 19.5 Å². The van der Waals surface area contributed by atoms with Gasteiger partial charge in [-0.3, -0.25) is 4.84 Å². The molecule has 0 bridgehead atoms. The molecule has 0 aromatic rings.